The molecular weight excluding hydrogens is 226 g/mol. The zero-order chi connectivity index (χ0) is 10.7. The fourth-order valence-corrected chi connectivity index (χ4v) is 2.64. The van der Waals surface area contributed by atoms with Gasteiger partial charge in [-0.25, -0.2) is 0 Å². The van der Waals surface area contributed by atoms with Crippen LogP contribution in [0.4, 0.5) is 0 Å². The Bertz CT molecular complexity index is 336. The number of thioether (sulfide) groups is 1. The highest BCUT2D eigenvalue weighted by atomic mass is 35.5. The van der Waals surface area contributed by atoms with Crippen molar-refractivity contribution in [2.75, 3.05) is 12.8 Å². The third-order valence-corrected chi connectivity index (χ3v) is 4.56. The monoisotopic (exact) mass is 241 g/mol. The molecule has 1 aromatic carbocycles. The van der Waals surface area contributed by atoms with Gasteiger partial charge < -0.3 is 5.32 Å². The van der Waals surface area contributed by atoms with E-state index in [4.69, 9.17) is 11.6 Å². The van der Waals surface area contributed by atoms with E-state index in [1.807, 2.05) is 30.0 Å². The highest BCUT2D eigenvalue weighted by Gasteiger charge is 2.41. The van der Waals surface area contributed by atoms with E-state index in [9.17, 15) is 0 Å². The van der Waals surface area contributed by atoms with E-state index in [1.54, 1.807) is 0 Å². The molecule has 0 aromatic heterocycles. The zero-order valence-electron chi connectivity index (χ0n) is 8.92. The molecule has 82 valence electrons. The van der Waals surface area contributed by atoms with Crippen LogP contribution in [0.15, 0.2) is 24.3 Å². The topological polar surface area (TPSA) is 12.0 Å². The Morgan fingerprint density at radius 3 is 2.87 bits per heavy atom. The van der Waals surface area contributed by atoms with Crippen LogP contribution in [-0.4, -0.2) is 17.5 Å². The summed E-state index contributed by atoms with van der Waals surface area (Å²) in [6.07, 6.45) is 4.92. The molecule has 1 aliphatic carbocycles. The molecule has 1 nitrogen and oxygen atoms in total. The predicted octanol–water partition coefficient (Wildman–Crippen LogP) is 3.33. The van der Waals surface area contributed by atoms with E-state index in [0.717, 1.165) is 18.1 Å². The Labute approximate surface area is 101 Å². The highest BCUT2D eigenvalue weighted by Crippen LogP contribution is 2.46. The summed E-state index contributed by atoms with van der Waals surface area (Å²) >= 11 is 7.91. The van der Waals surface area contributed by atoms with Gasteiger partial charge in [-0.05, 0) is 36.8 Å². The molecule has 2 rings (SSSR count). The van der Waals surface area contributed by atoms with Crippen molar-refractivity contribution >= 4 is 23.4 Å². The lowest BCUT2D eigenvalue weighted by atomic mass is 10.2. The summed E-state index contributed by atoms with van der Waals surface area (Å²) in [4.78, 5) is 0. The van der Waals surface area contributed by atoms with Gasteiger partial charge in [-0.3, -0.25) is 0 Å². The number of halogens is 1. The maximum Gasteiger partial charge on any atom is 0.0409 e. The molecule has 0 aliphatic heterocycles. The Hall–Kier alpha value is -0.180. The van der Waals surface area contributed by atoms with Crippen LogP contribution in [0.1, 0.15) is 18.4 Å². The van der Waals surface area contributed by atoms with Gasteiger partial charge >= 0.3 is 0 Å². The lowest BCUT2D eigenvalue weighted by Crippen LogP contribution is -2.25. The number of nitrogens with one attached hydrogen (secondary N) is 1. The number of hydrogen-bond acceptors (Lipinski definition) is 2. The minimum Gasteiger partial charge on any atom is -0.311 e. The first-order valence-electron chi connectivity index (χ1n) is 5.24. The molecule has 1 fully saturated rings. The van der Waals surface area contributed by atoms with Crippen LogP contribution < -0.4 is 5.32 Å². The minimum atomic E-state index is 0.540. The Morgan fingerprint density at radius 2 is 2.27 bits per heavy atom. The first-order chi connectivity index (χ1) is 7.24. The normalized spacial score (nSPS) is 17.7. The van der Waals surface area contributed by atoms with E-state index in [1.165, 1.54) is 18.4 Å². The molecule has 1 aromatic rings. The second kappa shape index (κ2) is 4.77. The Kier molecular flexibility index (Phi) is 3.60. The van der Waals surface area contributed by atoms with E-state index < -0.39 is 0 Å². The summed E-state index contributed by atoms with van der Waals surface area (Å²) in [5.74, 6) is 0. The van der Waals surface area contributed by atoms with E-state index >= 15 is 0 Å². The third kappa shape index (κ3) is 3.13. The van der Waals surface area contributed by atoms with Crippen molar-refractivity contribution < 1.29 is 0 Å². The molecule has 0 radical (unpaired) electrons. The summed E-state index contributed by atoms with van der Waals surface area (Å²) in [6, 6.07) is 8.04. The van der Waals surface area contributed by atoms with Gasteiger partial charge in [0.25, 0.3) is 0 Å². The largest absolute Gasteiger partial charge is 0.311 e. The van der Waals surface area contributed by atoms with Crippen LogP contribution in [0.5, 0.6) is 0 Å². The molecule has 0 spiro atoms. The van der Waals surface area contributed by atoms with Crippen LogP contribution in [0, 0.1) is 0 Å². The molecule has 0 saturated heterocycles. The summed E-state index contributed by atoms with van der Waals surface area (Å²) in [5.41, 5.74) is 1.26. The standard InChI is InChI=1S/C12H16ClNS/c1-15-12(5-6-12)9-14-8-10-3-2-4-11(13)7-10/h2-4,7,14H,5-6,8-9H2,1H3. The van der Waals surface area contributed by atoms with Crippen LogP contribution in [0.3, 0.4) is 0 Å². The number of rotatable bonds is 5. The Morgan fingerprint density at radius 1 is 1.47 bits per heavy atom. The van der Waals surface area contributed by atoms with Gasteiger partial charge in [0.2, 0.25) is 0 Å². The zero-order valence-corrected chi connectivity index (χ0v) is 10.5. The summed E-state index contributed by atoms with van der Waals surface area (Å²) < 4.78 is 0.540. The smallest absolute Gasteiger partial charge is 0.0409 e. The maximum atomic E-state index is 5.92. The molecule has 0 amide bonds. The van der Waals surface area contributed by atoms with Crippen molar-refractivity contribution in [3.05, 3.63) is 34.9 Å². The van der Waals surface area contributed by atoms with Crippen molar-refractivity contribution in [3.8, 4) is 0 Å². The molecule has 1 N–H and O–H groups in total. The van der Waals surface area contributed by atoms with Crippen LogP contribution in [0.2, 0.25) is 5.02 Å². The summed E-state index contributed by atoms with van der Waals surface area (Å²) in [6.45, 7) is 2.03. The lowest BCUT2D eigenvalue weighted by molar-refractivity contribution is 0.663. The molecule has 0 heterocycles. The first-order valence-corrected chi connectivity index (χ1v) is 6.85. The van der Waals surface area contributed by atoms with E-state index in [2.05, 4.69) is 17.6 Å². The van der Waals surface area contributed by atoms with Crippen LogP contribution in [0.25, 0.3) is 0 Å². The number of hydrogen-bond donors (Lipinski definition) is 1. The van der Waals surface area contributed by atoms with E-state index in [-0.39, 0.29) is 0 Å². The fourth-order valence-electron chi connectivity index (χ4n) is 1.67. The van der Waals surface area contributed by atoms with Crippen molar-refractivity contribution in [1.29, 1.82) is 0 Å². The minimum absolute atomic E-state index is 0.540. The van der Waals surface area contributed by atoms with Crippen LogP contribution >= 0.6 is 23.4 Å². The average Bonchev–Trinajstić information content (AvgIpc) is 2.99. The van der Waals surface area contributed by atoms with Gasteiger partial charge in [-0.15, -0.1) is 0 Å². The van der Waals surface area contributed by atoms with Crippen molar-refractivity contribution in [3.63, 3.8) is 0 Å². The molecule has 1 aliphatic rings. The quantitative estimate of drug-likeness (QED) is 0.849. The predicted molar refractivity (Wildman–Crippen MR) is 68.6 cm³/mol. The molecule has 15 heavy (non-hydrogen) atoms. The fraction of sp³-hybridized carbons (Fsp3) is 0.500. The van der Waals surface area contributed by atoms with Gasteiger partial charge in [-0.1, -0.05) is 23.7 Å². The van der Waals surface area contributed by atoms with E-state index in [0.29, 0.717) is 4.75 Å². The van der Waals surface area contributed by atoms with Crippen LogP contribution in [-0.2, 0) is 6.54 Å². The van der Waals surface area contributed by atoms with Gasteiger partial charge in [0, 0.05) is 22.9 Å². The summed E-state index contributed by atoms with van der Waals surface area (Å²) in [5, 5.41) is 4.32. The van der Waals surface area contributed by atoms with Gasteiger partial charge in [0.1, 0.15) is 0 Å². The van der Waals surface area contributed by atoms with Crippen molar-refractivity contribution in [2.45, 2.75) is 24.1 Å². The van der Waals surface area contributed by atoms with Crippen molar-refractivity contribution in [1.82, 2.24) is 5.32 Å². The maximum absolute atomic E-state index is 5.92. The van der Waals surface area contributed by atoms with Gasteiger partial charge in [0.15, 0.2) is 0 Å². The third-order valence-electron chi connectivity index (χ3n) is 2.91. The Balaban J connectivity index is 1.78. The second-order valence-electron chi connectivity index (χ2n) is 4.12. The SMILES string of the molecule is CSC1(CNCc2cccc(Cl)c2)CC1. The first kappa shape index (κ1) is 11.3. The molecule has 1 saturated carbocycles. The lowest BCUT2D eigenvalue weighted by Gasteiger charge is -2.12. The number of benzene rings is 1. The molecule has 3 heteroatoms. The van der Waals surface area contributed by atoms with Crippen molar-refractivity contribution in [2.24, 2.45) is 0 Å². The highest BCUT2D eigenvalue weighted by molar-refractivity contribution is 8.00. The molecule has 0 atom stereocenters. The summed E-state index contributed by atoms with van der Waals surface area (Å²) in [7, 11) is 0. The van der Waals surface area contributed by atoms with Gasteiger partial charge in [-0.2, -0.15) is 11.8 Å². The molecular formula is C12H16ClNS. The van der Waals surface area contributed by atoms with Gasteiger partial charge in [0.05, 0.1) is 0 Å². The molecule has 0 unspecified atom stereocenters. The molecule has 0 bridgehead atoms. The second-order valence-corrected chi connectivity index (χ2v) is 5.83. The average molecular weight is 242 g/mol.